The van der Waals surface area contributed by atoms with Gasteiger partial charge >= 0.3 is 5.97 Å². The Balaban J connectivity index is 1.73. The number of anilines is 1. The molecule has 2 aromatic carbocycles. The van der Waals surface area contributed by atoms with Gasteiger partial charge in [0.2, 0.25) is 5.91 Å². The van der Waals surface area contributed by atoms with Crippen molar-refractivity contribution in [2.75, 3.05) is 11.5 Å². The highest BCUT2D eigenvalue weighted by molar-refractivity contribution is 6.12. The predicted octanol–water partition coefficient (Wildman–Crippen LogP) is 3.92. The molecule has 1 aromatic heterocycles. The second-order valence-electron chi connectivity index (χ2n) is 9.12. The van der Waals surface area contributed by atoms with Gasteiger partial charge in [-0.3, -0.25) is 19.2 Å². The Morgan fingerprint density at radius 3 is 2.43 bits per heavy atom. The molecule has 35 heavy (non-hydrogen) atoms. The normalized spacial score (nSPS) is 17.3. The Bertz CT molecular complexity index is 1230. The number of ether oxygens (including phenoxy) is 1. The molecule has 8 nitrogen and oxygen atoms in total. The molecule has 1 aliphatic rings. The summed E-state index contributed by atoms with van der Waals surface area (Å²) >= 11 is 0. The van der Waals surface area contributed by atoms with E-state index in [-0.39, 0.29) is 30.4 Å². The number of hydrogen-bond acceptors (Lipinski definition) is 5. The summed E-state index contributed by atoms with van der Waals surface area (Å²) in [6.45, 7) is 8.22. The molecule has 1 N–H and O–H groups in total. The number of aromatic nitrogens is 2. The van der Waals surface area contributed by atoms with Crippen molar-refractivity contribution in [1.82, 2.24) is 15.1 Å². The first kappa shape index (κ1) is 24.2. The van der Waals surface area contributed by atoms with Gasteiger partial charge in [0.15, 0.2) is 5.69 Å². The number of nitrogens with one attached hydrogen (secondary N) is 1. The zero-order valence-corrected chi connectivity index (χ0v) is 20.4. The molecule has 0 fully saturated rings. The van der Waals surface area contributed by atoms with Crippen molar-refractivity contribution in [3.8, 4) is 0 Å². The first-order chi connectivity index (χ1) is 16.7. The summed E-state index contributed by atoms with van der Waals surface area (Å²) in [5.41, 5.74) is 1.67. The average Bonchev–Trinajstić information content (AvgIpc) is 3.28. The minimum absolute atomic E-state index is 0.0410. The summed E-state index contributed by atoms with van der Waals surface area (Å²) in [5.74, 6) is -1.00. The van der Waals surface area contributed by atoms with Gasteiger partial charge in [0.25, 0.3) is 5.91 Å². The standard InChI is InChI=1S/C27H30N4O4/c1-5-35-25(33)22-15-23-24(32)31(21-13-11-20(12-14-21)18(2)3)27(4,17-30(23)29-22)26(34)28-16-19-9-7-6-8-10-19/h6-15,18H,5,16-17H2,1-4H3,(H,28,34)/t27-/m1/s1. The van der Waals surface area contributed by atoms with Crippen molar-refractivity contribution in [3.63, 3.8) is 0 Å². The van der Waals surface area contributed by atoms with Gasteiger partial charge in [-0.05, 0) is 43.0 Å². The summed E-state index contributed by atoms with van der Waals surface area (Å²) in [6, 6.07) is 18.6. The summed E-state index contributed by atoms with van der Waals surface area (Å²) in [4.78, 5) is 41.1. The summed E-state index contributed by atoms with van der Waals surface area (Å²) in [6.07, 6.45) is 0. The first-order valence-corrected chi connectivity index (χ1v) is 11.8. The highest BCUT2D eigenvalue weighted by Gasteiger charge is 2.49. The first-order valence-electron chi connectivity index (χ1n) is 11.8. The Morgan fingerprint density at radius 1 is 1.11 bits per heavy atom. The van der Waals surface area contributed by atoms with Crippen molar-refractivity contribution in [2.45, 2.75) is 52.2 Å². The zero-order chi connectivity index (χ0) is 25.2. The number of carbonyl (C=O) groups is 3. The van der Waals surface area contributed by atoms with Crippen LogP contribution in [0.1, 0.15) is 65.7 Å². The number of fused-ring (bicyclic) bond motifs is 1. The second-order valence-corrected chi connectivity index (χ2v) is 9.12. The minimum Gasteiger partial charge on any atom is -0.461 e. The van der Waals surface area contributed by atoms with Crippen molar-refractivity contribution in [2.24, 2.45) is 0 Å². The number of hydrogen-bond donors (Lipinski definition) is 1. The van der Waals surface area contributed by atoms with Gasteiger partial charge in [-0.25, -0.2) is 4.79 Å². The molecule has 2 amide bonds. The molecule has 0 unspecified atom stereocenters. The van der Waals surface area contributed by atoms with E-state index in [1.807, 2.05) is 54.6 Å². The van der Waals surface area contributed by atoms with Crippen LogP contribution in [0.25, 0.3) is 0 Å². The van der Waals surface area contributed by atoms with E-state index in [0.29, 0.717) is 18.2 Å². The molecule has 0 saturated carbocycles. The topological polar surface area (TPSA) is 93.5 Å². The molecule has 3 aromatic rings. The lowest BCUT2D eigenvalue weighted by Crippen LogP contribution is -2.64. The van der Waals surface area contributed by atoms with Crippen LogP contribution >= 0.6 is 0 Å². The van der Waals surface area contributed by atoms with Gasteiger partial charge in [-0.15, -0.1) is 0 Å². The molecule has 182 valence electrons. The third kappa shape index (κ3) is 4.69. The average molecular weight is 475 g/mol. The molecular formula is C27H30N4O4. The Labute approximate surface area is 204 Å². The van der Waals surface area contributed by atoms with E-state index in [1.54, 1.807) is 13.8 Å². The van der Waals surface area contributed by atoms with E-state index < -0.39 is 17.4 Å². The maximum atomic E-state index is 13.8. The third-order valence-corrected chi connectivity index (χ3v) is 6.24. The number of benzene rings is 2. The summed E-state index contributed by atoms with van der Waals surface area (Å²) in [5, 5.41) is 7.27. The van der Waals surface area contributed by atoms with Gasteiger partial charge in [-0.1, -0.05) is 56.3 Å². The molecule has 4 rings (SSSR count). The number of esters is 1. The highest BCUT2D eigenvalue weighted by atomic mass is 16.5. The van der Waals surface area contributed by atoms with Crippen molar-refractivity contribution in [1.29, 1.82) is 0 Å². The molecule has 0 aliphatic carbocycles. The lowest BCUT2D eigenvalue weighted by molar-refractivity contribution is -0.126. The Hall–Kier alpha value is -3.94. The van der Waals surface area contributed by atoms with Crippen LogP contribution in [0.15, 0.2) is 60.7 Å². The number of amides is 2. The van der Waals surface area contributed by atoms with E-state index >= 15 is 0 Å². The van der Waals surface area contributed by atoms with E-state index in [1.165, 1.54) is 15.6 Å². The van der Waals surface area contributed by atoms with Gasteiger partial charge < -0.3 is 10.1 Å². The molecular weight excluding hydrogens is 444 g/mol. The third-order valence-electron chi connectivity index (χ3n) is 6.24. The number of rotatable bonds is 7. The number of nitrogens with zero attached hydrogens (tertiary/aromatic N) is 3. The fourth-order valence-corrected chi connectivity index (χ4v) is 4.27. The lowest BCUT2D eigenvalue weighted by atomic mass is 9.93. The van der Waals surface area contributed by atoms with Crippen LogP contribution in [0, 0.1) is 0 Å². The molecule has 1 aliphatic heterocycles. The second kappa shape index (κ2) is 9.74. The maximum Gasteiger partial charge on any atom is 0.358 e. The molecule has 0 bridgehead atoms. The largest absolute Gasteiger partial charge is 0.461 e. The van der Waals surface area contributed by atoms with Crippen LogP contribution < -0.4 is 10.2 Å². The van der Waals surface area contributed by atoms with Crippen LogP contribution in [0.2, 0.25) is 0 Å². The molecule has 0 saturated heterocycles. The van der Waals surface area contributed by atoms with Crippen molar-refractivity contribution >= 4 is 23.5 Å². The minimum atomic E-state index is -1.28. The van der Waals surface area contributed by atoms with Crippen LogP contribution in [0.5, 0.6) is 0 Å². The molecule has 0 spiro atoms. The fraction of sp³-hybridized carbons (Fsp3) is 0.333. The van der Waals surface area contributed by atoms with Crippen molar-refractivity contribution in [3.05, 3.63) is 83.2 Å². The van der Waals surface area contributed by atoms with E-state index in [2.05, 4.69) is 24.3 Å². The van der Waals surface area contributed by atoms with E-state index in [0.717, 1.165) is 11.1 Å². The maximum absolute atomic E-state index is 13.8. The van der Waals surface area contributed by atoms with Crippen LogP contribution in [-0.4, -0.2) is 39.7 Å². The smallest absolute Gasteiger partial charge is 0.358 e. The van der Waals surface area contributed by atoms with E-state index in [4.69, 9.17) is 4.74 Å². The molecule has 2 heterocycles. The van der Waals surface area contributed by atoms with Crippen LogP contribution in [0.3, 0.4) is 0 Å². The fourth-order valence-electron chi connectivity index (χ4n) is 4.27. The van der Waals surface area contributed by atoms with Crippen LogP contribution in [-0.2, 0) is 22.6 Å². The zero-order valence-electron chi connectivity index (χ0n) is 20.4. The molecule has 0 radical (unpaired) electrons. The van der Waals surface area contributed by atoms with Crippen molar-refractivity contribution < 1.29 is 19.1 Å². The van der Waals surface area contributed by atoms with Crippen LogP contribution in [0.4, 0.5) is 5.69 Å². The molecule has 1 atom stereocenters. The van der Waals surface area contributed by atoms with Gasteiger partial charge in [0.05, 0.1) is 13.2 Å². The Kier molecular flexibility index (Phi) is 6.73. The number of carbonyl (C=O) groups excluding carboxylic acids is 3. The van der Waals surface area contributed by atoms with E-state index in [9.17, 15) is 14.4 Å². The Morgan fingerprint density at radius 2 is 1.80 bits per heavy atom. The van der Waals surface area contributed by atoms with Gasteiger partial charge in [-0.2, -0.15) is 5.10 Å². The highest BCUT2D eigenvalue weighted by Crippen LogP contribution is 2.33. The van der Waals surface area contributed by atoms with Gasteiger partial charge in [0, 0.05) is 18.3 Å². The quantitative estimate of drug-likeness (QED) is 0.524. The SMILES string of the molecule is CCOC(=O)c1cc2n(n1)C[C@](C)(C(=O)NCc1ccccc1)N(c1ccc(C(C)C)cc1)C2=O. The summed E-state index contributed by atoms with van der Waals surface area (Å²) < 4.78 is 6.48. The predicted molar refractivity (Wildman–Crippen MR) is 132 cm³/mol. The summed E-state index contributed by atoms with van der Waals surface area (Å²) in [7, 11) is 0. The lowest BCUT2D eigenvalue weighted by Gasteiger charge is -2.43. The molecule has 8 heteroatoms. The monoisotopic (exact) mass is 474 g/mol. The van der Waals surface area contributed by atoms with Gasteiger partial charge in [0.1, 0.15) is 11.2 Å².